The minimum Gasteiger partial charge on any atom is -0.463 e. The molecule has 0 amide bonds. The Morgan fingerprint density at radius 3 is 1.59 bits per heavy atom. The molecule has 0 saturated carbocycles. The van der Waals surface area contributed by atoms with Gasteiger partial charge in [0, 0.05) is 12.7 Å². The molecule has 0 unspecified atom stereocenters. The fourth-order valence-electron chi connectivity index (χ4n) is 8.50. The first-order chi connectivity index (χ1) is 34.6. The van der Waals surface area contributed by atoms with E-state index in [0.717, 1.165) is 65.4 Å². The molecule has 1 aromatic heterocycles. The van der Waals surface area contributed by atoms with Crippen molar-refractivity contribution in [2.24, 2.45) is 0 Å². The molecular formula is C57H76N4O9S. The van der Waals surface area contributed by atoms with E-state index < -0.39 is 54.3 Å². The molecule has 5 aromatic rings. The standard InChI is InChI=1S/C57H76N4O9S/c1-44(62)64-43-50-51(65-40-45-30-20-16-21-31-45)52(66-41-46-32-22-17-23-33-46)53(67-42-47-34-24-18-25-35-47)55(69-50)68-49(54(63)70-57(2,3)4)38-28-14-12-10-8-6-5-7-9-11-13-15-29-39-71-56-58-59-60-61(56)48-36-26-19-27-37-48/h16-27,30-37,49-53,55H,5-15,28-29,38-43H2,1-4H3/t49-,50-,51-,52+,53-,55-/m1/s1. The Bertz CT molecular complexity index is 2210. The van der Waals surface area contributed by atoms with E-state index in [1.54, 1.807) is 16.4 Å². The van der Waals surface area contributed by atoms with Gasteiger partial charge in [-0.05, 0) is 72.9 Å². The summed E-state index contributed by atoms with van der Waals surface area (Å²) in [7, 11) is 0. The molecule has 14 heteroatoms. The minimum atomic E-state index is -1.11. The highest BCUT2D eigenvalue weighted by Crippen LogP contribution is 2.33. The van der Waals surface area contributed by atoms with E-state index >= 15 is 0 Å². The fraction of sp³-hybridized carbons (Fsp3) is 0.526. The van der Waals surface area contributed by atoms with Crippen LogP contribution in [0.25, 0.3) is 5.69 Å². The molecule has 6 atom stereocenters. The molecule has 0 N–H and O–H groups in total. The second-order valence-electron chi connectivity index (χ2n) is 19.2. The van der Waals surface area contributed by atoms with Crippen LogP contribution >= 0.6 is 11.8 Å². The number of tetrazole rings is 1. The number of hydrogen-bond acceptors (Lipinski definition) is 13. The average Bonchev–Trinajstić information content (AvgIpc) is 3.85. The molecule has 384 valence electrons. The first-order valence-corrected chi connectivity index (χ1v) is 26.7. The van der Waals surface area contributed by atoms with Crippen molar-refractivity contribution in [2.75, 3.05) is 12.4 Å². The van der Waals surface area contributed by atoms with Crippen molar-refractivity contribution in [2.45, 2.75) is 185 Å². The van der Waals surface area contributed by atoms with Crippen LogP contribution in [0.3, 0.4) is 0 Å². The minimum absolute atomic E-state index is 0.122. The van der Waals surface area contributed by atoms with E-state index in [1.165, 1.54) is 58.3 Å². The third-order valence-electron chi connectivity index (χ3n) is 12.1. The summed E-state index contributed by atoms with van der Waals surface area (Å²) in [5.41, 5.74) is 3.09. The quantitative estimate of drug-likeness (QED) is 0.0229. The molecule has 71 heavy (non-hydrogen) atoms. The summed E-state index contributed by atoms with van der Waals surface area (Å²) in [6, 6.07) is 39.6. The summed E-state index contributed by atoms with van der Waals surface area (Å²) in [6.45, 7) is 7.50. The van der Waals surface area contributed by atoms with Crippen LogP contribution in [-0.4, -0.2) is 86.9 Å². The van der Waals surface area contributed by atoms with Crippen LogP contribution in [0.1, 0.15) is 134 Å². The highest BCUT2D eigenvalue weighted by Gasteiger charge is 2.50. The monoisotopic (exact) mass is 993 g/mol. The zero-order valence-electron chi connectivity index (χ0n) is 42.3. The fourth-order valence-corrected chi connectivity index (χ4v) is 9.39. The van der Waals surface area contributed by atoms with E-state index in [1.807, 2.05) is 142 Å². The predicted molar refractivity (Wildman–Crippen MR) is 276 cm³/mol. The number of hydrogen-bond donors (Lipinski definition) is 0. The van der Waals surface area contributed by atoms with Crippen LogP contribution < -0.4 is 0 Å². The normalized spacial score (nSPS) is 18.5. The van der Waals surface area contributed by atoms with E-state index in [4.69, 9.17) is 33.2 Å². The lowest BCUT2D eigenvalue weighted by Crippen LogP contribution is -2.62. The summed E-state index contributed by atoms with van der Waals surface area (Å²) in [5.74, 6) is 0.0840. The molecule has 1 aliphatic heterocycles. The second kappa shape index (κ2) is 30.8. The average molecular weight is 993 g/mol. The van der Waals surface area contributed by atoms with Gasteiger partial charge in [-0.1, -0.05) is 198 Å². The van der Waals surface area contributed by atoms with Gasteiger partial charge in [0.15, 0.2) is 12.4 Å². The Hall–Kier alpha value is -4.96. The van der Waals surface area contributed by atoms with E-state index in [0.29, 0.717) is 6.42 Å². The maximum absolute atomic E-state index is 14.0. The van der Waals surface area contributed by atoms with Crippen LogP contribution in [-0.2, 0) is 62.6 Å². The van der Waals surface area contributed by atoms with E-state index in [9.17, 15) is 9.59 Å². The zero-order valence-corrected chi connectivity index (χ0v) is 43.1. The predicted octanol–water partition coefficient (Wildman–Crippen LogP) is 12.0. The molecule has 4 aromatic carbocycles. The lowest BCUT2D eigenvalue weighted by atomic mass is 9.97. The highest BCUT2D eigenvalue weighted by atomic mass is 32.2. The van der Waals surface area contributed by atoms with Gasteiger partial charge in [-0.3, -0.25) is 4.79 Å². The number of carbonyl (C=O) groups excluding carboxylic acids is 2. The van der Waals surface area contributed by atoms with Gasteiger partial charge in [0.1, 0.15) is 36.6 Å². The van der Waals surface area contributed by atoms with Crippen molar-refractivity contribution in [3.05, 3.63) is 138 Å². The van der Waals surface area contributed by atoms with E-state index in [-0.39, 0.29) is 26.4 Å². The molecule has 0 bridgehead atoms. The molecule has 13 nitrogen and oxygen atoms in total. The summed E-state index contributed by atoms with van der Waals surface area (Å²) < 4.78 is 47.1. The third-order valence-corrected chi connectivity index (χ3v) is 13.2. The van der Waals surface area contributed by atoms with Gasteiger partial charge in [0.2, 0.25) is 5.16 Å². The van der Waals surface area contributed by atoms with Gasteiger partial charge in [-0.15, -0.1) is 5.10 Å². The Labute approximate surface area is 426 Å². The van der Waals surface area contributed by atoms with Crippen LogP contribution in [0.5, 0.6) is 0 Å². The lowest BCUT2D eigenvalue weighted by Gasteiger charge is -2.46. The number of rotatable bonds is 32. The number of unbranched alkanes of at least 4 members (excludes halogenated alkanes) is 12. The Morgan fingerprint density at radius 2 is 1.08 bits per heavy atom. The first-order valence-electron chi connectivity index (χ1n) is 25.7. The van der Waals surface area contributed by atoms with Gasteiger partial charge < -0.3 is 33.2 Å². The van der Waals surface area contributed by atoms with Gasteiger partial charge in [-0.2, -0.15) is 4.68 Å². The molecule has 2 heterocycles. The van der Waals surface area contributed by atoms with Crippen molar-refractivity contribution in [3.8, 4) is 5.69 Å². The number of aromatic nitrogens is 4. The molecule has 1 aliphatic rings. The number of benzene rings is 4. The van der Waals surface area contributed by atoms with Gasteiger partial charge >= 0.3 is 11.9 Å². The zero-order chi connectivity index (χ0) is 49.9. The number of ether oxygens (including phenoxy) is 7. The Morgan fingerprint density at radius 1 is 0.620 bits per heavy atom. The van der Waals surface area contributed by atoms with Crippen LogP contribution in [0.15, 0.2) is 126 Å². The SMILES string of the molecule is CC(=O)OC[C@H]1O[C@@H](O[C@H](CCCCCCCCCCCCCCCSc2nnnn2-c2ccccc2)C(=O)OC(C)(C)C)[C@H](OCc2ccccc2)[C@@H](OCc2ccccc2)[C@@H]1OCc1ccccc1. The van der Waals surface area contributed by atoms with Crippen LogP contribution in [0.2, 0.25) is 0 Å². The van der Waals surface area contributed by atoms with Gasteiger partial charge in [-0.25, -0.2) is 4.79 Å². The summed E-state index contributed by atoms with van der Waals surface area (Å²) in [6.07, 6.45) is 10.3. The maximum Gasteiger partial charge on any atom is 0.335 e. The Kier molecular flexibility index (Phi) is 24.0. The molecule has 0 radical (unpaired) electrons. The third kappa shape index (κ3) is 20.2. The van der Waals surface area contributed by atoms with Crippen molar-refractivity contribution in [1.29, 1.82) is 0 Å². The smallest absolute Gasteiger partial charge is 0.335 e. The van der Waals surface area contributed by atoms with Crippen molar-refractivity contribution in [3.63, 3.8) is 0 Å². The number of esters is 2. The van der Waals surface area contributed by atoms with Crippen LogP contribution in [0, 0.1) is 0 Å². The van der Waals surface area contributed by atoms with Crippen molar-refractivity contribution < 1.29 is 42.7 Å². The number of para-hydroxylation sites is 1. The van der Waals surface area contributed by atoms with Crippen molar-refractivity contribution >= 4 is 23.7 Å². The highest BCUT2D eigenvalue weighted by molar-refractivity contribution is 7.99. The lowest BCUT2D eigenvalue weighted by molar-refractivity contribution is -0.334. The number of nitrogens with zero attached hydrogens (tertiary/aromatic N) is 4. The number of thioether (sulfide) groups is 1. The summed E-state index contributed by atoms with van der Waals surface area (Å²) >= 11 is 1.72. The van der Waals surface area contributed by atoms with Gasteiger partial charge in [0.05, 0.1) is 25.5 Å². The molecule has 1 saturated heterocycles. The summed E-state index contributed by atoms with van der Waals surface area (Å²) in [5, 5.41) is 13.1. The number of carbonyl (C=O) groups is 2. The largest absolute Gasteiger partial charge is 0.463 e. The first kappa shape index (κ1) is 55.4. The molecular weight excluding hydrogens is 917 g/mol. The molecule has 6 rings (SSSR count). The molecule has 0 spiro atoms. The molecule has 1 fully saturated rings. The topological polar surface area (TPSA) is 142 Å². The molecule has 0 aliphatic carbocycles. The van der Waals surface area contributed by atoms with Crippen molar-refractivity contribution in [1.82, 2.24) is 20.2 Å². The second-order valence-corrected chi connectivity index (χ2v) is 20.3. The Balaban J connectivity index is 1.01. The summed E-state index contributed by atoms with van der Waals surface area (Å²) in [4.78, 5) is 26.3. The van der Waals surface area contributed by atoms with E-state index in [2.05, 4.69) is 15.5 Å². The maximum atomic E-state index is 14.0. The van der Waals surface area contributed by atoms with Gasteiger partial charge in [0.25, 0.3) is 0 Å². The van der Waals surface area contributed by atoms with Crippen LogP contribution in [0.4, 0.5) is 0 Å².